The first kappa shape index (κ1) is 24.5. The van der Waals surface area contributed by atoms with E-state index in [4.69, 9.17) is 14.5 Å². The lowest BCUT2D eigenvalue weighted by atomic mass is 9.96. The molecular formula is C24H33N3O4S. The first-order valence-electron chi connectivity index (χ1n) is 11.3. The lowest BCUT2D eigenvalue weighted by Gasteiger charge is -2.42. The van der Waals surface area contributed by atoms with Crippen molar-refractivity contribution in [3.63, 3.8) is 0 Å². The van der Waals surface area contributed by atoms with Crippen molar-refractivity contribution >= 4 is 34.4 Å². The van der Waals surface area contributed by atoms with Crippen LogP contribution in [0.4, 0.5) is 5.69 Å². The number of ether oxygens (including phenoxy) is 2. The summed E-state index contributed by atoms with van der Waals surface area (Å²) in [6.07, 6.45) is 4.02. The van der Waals surface area contributed by atoms with Gasteiger partial charge in [0.15, 0.2) is 5.66 Å². The average Bonchev–Trinajstić information content (AvgIpc) is 3.35. The van der Waals surface area contributed by atoms with E-state index < -0.39 is 17.6 Å². The maximum Gasteiger partial charge on any atom is 0.345 e. The summed E-state index contributed by atoms with van der Waals surface area (Å²) in [5.41, 5.74) is 0.181. The zero-order chi connectivity index (χ0) is 23.1. The van der Waals surface area contributed by atoms with Gasteiger partial charge in [-0.1, -0.05) is 56.7 Å². The molecule has 3 rings (SSSR count). The molecule has 2 heterocycles. The molecule has 1 fully saturated rings. The van der Waals surface area contributed by atoms with Crippen molar-refractivity contribution in [1.82, 2.24) is 9.80 Å². The Bertz CT molecular complexity index is 868. The van der Waals surface area contributed by atoms with Gasteiger partial charge in [0.05, 0.1) is 19.9 Å². The van der Waals surface area contributed by atoms with E-state index in [1.807, 2.05) is 30.3 Å². The minimum Gasteiger partial charge on any atom is -0.466 e. The Morgan fingerprint density at radius 2 is 1.53 bits per heavy atom. The van der Waals surface area contributed by atoms with Crippen LogP contribution in [-0.2, 0) is 19.1 Å². The van der Waals surface area contributed by atoms with Crippen molar-refractivity contribution in [3.8, 4) is 0 Å². The van der Waals surface area contributed by atoms with Crippen LogP contribution in [0, 0.1) is 0 Å². The molecule has 2 aliphatic heterocycles. The van der Waals surface area contributed by atoms with E-state index in [2.05, 4.69) is 23.6 Å². The Kier molecular flexibility index (Phi) is 8.51. The van der Waals surface area contributed by atoms with E-state index >= 15 is 0 Å². The van der Waals surface area contributed by atoms with Gasteiger partial charge in [-0.05, 0) is 25.0 Å². The molecular weight excluding hydrogens is 426 g/mol. The molecule has 32 heavy (non-hydrogen) atoms. The summed E-state index contributed by atoms with van der Waals surface area (Å²) in [7, 11) is 2.69. The molecule has 1 saturated heterocycles. The number of rotatable bonds is 9. The zero-order valence-corrected chi connectivity index (χ0v) is 20.2. The highest BCUT2D eigenvalue weighted by molar-refractivity contribution is 8.18. The fourth-order valence-electron chi connectivity index (χ4n) is 4.38. The van der Waals surface area contributed by atoms with Gasteiger partial charge in [-0.2, -0.15) is 0 Å². The van der Waals surface area contributed by atoms with Gasteiger partial charge in [-0.3, -0.25) is 9.80 Å². The summed E-state index contributed by atoms with van der Waals surface area (Å²) in [4.78, 5) is 35.9. The molecule has 1 aromatic carbocycles. The van der Waals surface area contributed by atoms with Gasteiger partial charge >= 0.3 is 11.9 Å². The number of thioether (sulfide) groups is 1. The second-order valence-electron chi connectivity index (χ2n) is 7.90. The number of nitrogens with zero attached hydrogens (tertiary/aromatic N) is 3. The van der Waals surface area contributed by atoms with E-state index in [9.17, 15) is 9.59 Å². The summed E-state index contributed by atoms with van der Waals surface area (Å²) in [5, 5.41) is 0.703. The summed E-state index contributed by atoms with van der Waals surface area (Å²) in [6.45, 7) is 7.46. The molecule has 8 heteroatoms. The third-order valence-corrected chi connectivity index (χ3v) is 7.08. The van der Waals surface area contributed by atoms with Gasteiger partial charge in [0, 0.05) is 26.2 Å². The van der Waals surface area contributed by atoms with E-state index in [1.54, 1.807) is 0 Å². The van der Waals surface area contributed by atoms with Crippen LogP contribution in [0.3, 0.4) is 0 Å². The Hall–Kier alpha value is -2.16. The van der Waals surface area contributed by atoms with Gasteiger partial charge in [0.2, 0.25) is 0 Å². The number of hydrogen-bond acceptors (Lipinski definition) is 8. The Morgan fingerprint density at radius 3 is 2.03 bits per heavy atom. The third kappa shape index (κ3) is 4.49. The molecule has 0 amide bonds. The maximum absolute atomic E-state index is 13.2. The quantitative estimate of drug-likeness (QED) is 0.517. The minimum absolute atomic E-state index is 0.263. The van der Waals surface area contributed by atoms with Crippen LogP contribution in [-0.4, -0.2) is 72.8 Å². The predicted octanol–water partition coefficient (Wildman–Crippen LogP) is 3.98. The zero-order valence-electron chi connectivity index (χ0n) is 19.4. The summed E-state index contributed by atoms with van der Waals surface area (Å²) < 4.78 is 10.3. The van der Waals surface area contributed by atoms with Gasteiger partial charge < -0.3 is 9.47 Å². The van der Waals surface area contributed by atoms with Gasteiger partial charge in [-0.25, -0.2) is 14.6 Å². The molecule has 0 unspecified atom stereocenters. The molecule has 1 spiro atoms. The maximum atomic E-state index is 13.2. The number of para-hydroxylation sites is 1. The fraction of sp³-hybridized carbons (Fsp3) is 0.542. The number of carbonyl (C=O) groups is 2. The number of benzene rings is 1. The lowest BCUT2D eigenvalue weighted by molar-refractivity contribution is -0.140. The van der Waals surface area contributed by atoms with Crippen LogP contribution in [0.5, 0.6) is 0 Å². The normalized spacial score (nSPS) is 19.8. The number of aliphatic imine (C=N–C) groups is 1. The fourth-order valence-corrected chi connectivity index (χ4v) is 5.72. The predicted molar refractivity (Wildman–Crippen MR) is 128 cm³/mol. The highest BCUT2D eigenvalue weighted by atomic mass is 32.2. The van der Waals surface area contributed by atoms with Crippen LogP contribution in [0.2, 0.25) is 0 Å². The lowest BCUT2D eigenvalue weighted by Crippen LogP contribution is -2.60. The van der Waals surface area contributed by atoms with Crippen molar-refractivity contribution in [3.05, 3.63) is 40.8 Å². The number of hydrogen-bond donors (Lipinski definition) is 0. The van der Waals surface area contributed by atoms with Crippen molar-refractivity contribution < 1.29 is 19.1 Å². The second-order valence-corrected chi connectivity index (χ2v) is 8.89. The number of unbranched alkanes of at least 4 members (excludes halogenated alkanes) is 2. The molecule has 0 aliphatic carbocycles. The second kappa shape index (κ2) is 11.1. The number of methoxy groups -OCH3 is 2. The van der Waals surface area contributed by atoms with Crippen molar-refractivity contribution in [2.24, 2.45) is 4.99 Å². The molecule has 1 aromatic rings. The van der Waals surface area contributed by atoms with Crippen molar-refractivity contribution in [2.45, 2.75) is 45.2 Å². The molecule has 0 radical (unpaired) electrons. The van der Waals surface area contributed by atoms with Crippen LogP contribution in [0.25, 0.3) is 0 Å². The summed E-state index contributed by atoms with van der Waals surface area (Å²) in [5.74, 6) is -1.05. The molecule has 2 aliphatic rings. The van der Waals surface area contributed by atoms with Crippen molar-refractivity contribution in [1.29, 1.82) is 0 Å². The number of carbonyl (C=O) groups excluding carboxylic acids is 2. The Balaban J connectivity index is 2.27. The molecule has 0 saturated carbocycles. The monoisotopic (exact) mass is 459 g/mol. The van der Waals surface area contributed by atoms with Gasteiger partial charge in [-0.15, -0.1) is 0 Å². The summed E-state index contributed by atoms with van der Waals surface area (Å²) >= 11 is 1.23. The first-order chi connectivity index (χ1) is 15.5. The molecule has 7 nitrogen and oxygen atoms in total. The molecule has 0 bridgehead atoms. The molecule has 0 atom stereocenters. The topological polar surface area (TPSA) is 71.4 Å². The van der Waals surface area contributed by atoms with Gasteiger partial charge in [0.25, 0.3) is 0 Å². The third-order valence-electron chi connectivity index (χ3n) is 5.94. The molecule has 174 valence electrons. The van der Waals surface area contributed by atoms with E-state index in [-0.39, 0.29) is 4.91 Å². The molecule has 0 N–H and O–H groups in total. The number of esters is 2. The van der Waals surface area contributed by atoms with Crippen LogP contribution in [0.1, 0.15) is 39.5 Å². The van der Waals surface area contributed by atoms with E-state index in [0.29, 0.717) is 10.6 Å². The van der Waals surface area contributed by atoms with Crippen LogP contribution in [0.15, 0.2) is 45.8 Å². The van der Waals surface area contributed by atoms with E-state index in [1.165, 1.54) is 26.0 Å². The Labute approximate surface area is 194 Å². The van der Waals surface area contributed by atoms with Crippen LogP contribution >= 0.6 is 11.8 Å². The standard InChI is InChI=1S/C24H33N3O4S/c1-5-7-14-26-16-17-27(15-8-6-2)24(26)19(21(28)30-3)20(22(29)31-4)32-23(24)25-18-12-10-9-11-13-18/h9-13H,5-8,14-17H2,1-4H3. The minimum atomic E-state index is -0.929. The molecule has 0 aromatic heterocycles. The average molecular weight is 460 g/mol. The SMILES string of the molecule is CCCCN1CCN(CCCC)C12C(=Nc1ccccc1)SC(C(=O)OC)=C2C(=O)OC. The highest BCUT2D eigenvalue weighted by Crippen LogP contribution is 2.50. The van der Waals surface area contributed by atoms with Gasteiger partial charge in [0.1, 0.15) is 15.5 Å². The smallest absolute Gasteiger partial charge is 0.345 e. The highest BCUT2D eigenvalue weighted by Gasteiger charge is 2.61. The van der Waals surface area contributed by atoms with Crippen molar-refractivity contribution in [2.75, 3.05) is 40.4 Å². The summed E-state index contributed by atoms with van der Waals surface area (Å²) in [6, 6.07) is 9.66. The first-order valence-corrected chi connectivity index (χ1v) is 12.1. The van der Waals surface area contributed by atoms with Crippen LogP contribution < -0.4 is 0 Å². The Morgan fingerprint density at radius 1 is 0.969 bits per heavy atom. The largest absolute Gasteiger partial charge is 0.466 e. The van der Waals surface area contributed by atoms with E-state index in [0.717, 1.165) is 57.5 Å².